The van der Waals surface area contributed by atoms with E-state index in [9.17, 15) is 0 Å². The fourth-order valence-corrected chi connectivity index (χ4v) is 1.63. The quantitative estimate of drug-likeness (QED) is 0.513. The summed E-state index contributed by atoms with van der Waals surface area (Å²) in [6.45, 7) is 7.16. The van der Waals surface area contributed by atoms with E-state index in [0.717, 1.165) is 19.7 Å². The second-order valence-electron chi connectivity index (χ2n) is 3.57. The maximum Gasteiger partial charge on any atom is 0.0674 e. The van der Waals surface area contributed by atoms with Crippen LogP contribution in [0, 0.1) is 0 Å². The summed E-state index contributed by atoms with van der Waals surface area (Å²) in [5.41, 5.74) is 0. The molecule has 0 amide bonds. The molecular formula is C10H18ClNO. The summed E-state index contributed by atoms with van der Waals surface area (Å²) in [5, 5.41) is 0. The molecule has 0 bridgehead atoms. The van der Waals surface area contributed by atoms with Gasteiger partial charge in [0.25, 0.3) is 0 Å². The van der Waals surface area contributed by atoms with Gasteiger partial charge in [0.15, 0.2) is 0 Å². The smallest absolute Gasteiger partial charge is 0.0674 e. The first-order valence-electron chi connectivity index (χ1n) is 4.80. The summed E-state index contributed by atoms with van der Waals surface area (Å²) in [4.78, 5) is 2.41. The number of halogens is 1. The van der Waals surface area contributed by atoms with Crippen molar-refractivity contribution in [2.24, 2.45) is 0 Å². The second-order valence-corrected chi connectivity index (χ2v) is 3.88. The first-order chi connectivity index (χ1) is 6.24. The molecule has 0 saturated carbocycles. The Kier molecular flexibility index (Phi) is 4.78. The lowest BCUT2D eigenvalue weighted by molar-refractivity contribution is -0.0447. The largest absolute Gasteiger partial charge is 0.376 e. The van der Waals surface area contributed by atoms with Crippen LogP contribution in [0.2, 0.25) is 0 Å². The van der Waals surface area contributed by atoms with Crippen LogP contribution in [-0.2, 0) is 4.74 Å². The zero-order valence-electron chi connectivity index (χ0n) is 8.37. The van der Waals surface area contributed by atoms with E-state index < -0.39 is 0 Å². The van der Waals surface area contributed by atoms with E-state index in [0.29, 0.717) is 18.0 Å². The minimum atomic E-state index is 0.362. The molecule has 0 aromatic carbocycles. The van der Waals surface area contributed by atoms with Gasteiger partial charge in [-0.2, -0.15) is 0 Å². The van der Waals surface area contributed by atoms with E-state index in [2.05, 4.69) is 24.8 Å². The van der Waals surface area contributed by atoms with Gasteiger partial charge < -0.3 is 4.74 Å². The molecule has 1 heterocycles. The monoisotopic (exact) mass is 203 g/mol. The Hall–Kier alpha value is -0.0500. The number of rotatable bonds is 3. The van der Waals surface area contributed by atoms with Crippen molar-refractivity contribution in [2.75, 3.05) is 25.6 Å². The van der Waals surface area contributed by atoms with E-state index in [4.69, 9.17) is 16.3 Å². The molecule has 1 fully saturated rings. The Morgan fingerprint density at radius 2 is 2.23 bits per heavy atom. The topological polar surface area (TPSA) is 12.5 Å². The predicted molar refractivity (Wildman–Crippen MR) is 56.3 cm³/mol. The van der Waals surface area contributed by atoms with Gasteiger partial charge in [-0.15, -0.1) is 11.6 Å². The summed E-state index contributed by atoms with van der Waals surface area (Å²) < 4.78 is 5.53. The van der Waals surface area contributed by atoms with Crippen molar-refractivity contribution in [1.29, 1.82) is 0 Å². The Balaban J connectivity index is 2.33. The van der Waals surface area contributed by atoms with Crippen LogP contribution in [0.5, 0.6) is 0 Å². The fraction of sp³-hybridized carbons (Fsp3) is 0.800. The lowest BCUT2D eigenvalue weighted by atomic mass is 10.2. The van der Waals surface area contributed by atoms with Gasteiger partial charge in [-0.05, 0) is 13.8 Å². The van der Waals surface area contributed by atoms with Crippen molar-refractivity contribution in [3.8, 4) is 0 Å². The number of ether oxygens (including phenoxy) is 1. The van der Waals surface area contributed by atoms with Gasteiger partial charge >= 0.3 is 0 Å². The lowest BCUT2D eigenvalue weighted by Crippen LogP contribution is -2.47. The minimum absolute atomic E-state index is 0.362. The third-order valence-electron chi connectivity index (χ3n) is 2.33. The SMILES string of the molecule is CC1CN(C/C=C/CCl)C(C)CO1. The van der Waals surface area contributed by atoms with E-state index in [-0.39, 0.29) is 0 Å². The highest BCUT2D eigenvalue weighted by Crippen LogP contribution is 2.10. The molecule has 2 nitrogen and oxygen atoms in total. The highest BCUT2D eigenvalue weighted by Gasteiger charge is 2.21. The number of allylic oxidation sites excluding steroid dienone is 1. The lowest BCUT2D eigenvalue weighted by Gasteiger charge is -2.36. The second kappa shape index (κ2) is 5.63. The van der Waals surface area contributed by atoms with Crippen molar-refractivity contribution in [2.45, 2.75) is 26.0 Å². The number of morpholine rings is 1. The molecule has 1 rings (SSSR count). The summed E-state index contributed by atoms with van der Waals surface area (Å²) in [6, 6.07) is 0.524. The molecule has 0 aromatic heterocycles. The Bertz CT molecular complexity index is 172. The van der Waals surface area contributed by atoms with Crippen molar-refractivity contribution in [3.05, 3.63) is 12.2 Å². The molecule has 0 aliphatic carbocycles. The highest BCUT2D eigenvalue weighted by molar-refractivity contribution is 6.18. The first kappa shape index (κ1) is 11.0. The van der Waals surface area contributed by atoms with Crippen molar-refractivity contribution in [3.63, 3.8) is 0 Å². The molecule has 2 unspecified atom stereocenters. The number of hydrogen-bond acceptors (Lipinski definition) is 2. The maximum atomic E-state index is 5.55. The van der Waals surface area contributed by atoms with E-state index >= 15 is 0 Å². The van der Waals surface area contributed by atoms with Gasteiger partial charge in [0, 0.05) is 25.0 Å². The van der Waals surface area contributed by atoms with Gasteiger partial charge in [-0.1, -0.05) is 12.2 Å². The number of alkyl halides is 1. The maximum absolute atomic E-state index is 5.55. The van der Waals surface area contributed by atoms with Gasteiger partial charge in [-0.25, -0.2) is 0 Å². The van der Waals surface area contributed by atoms with Gasteiger partial charge in [0.1, 0.15) is 0 Å². The summed E-state index contributed by atoms with van der Waals surface area (Å²) in [6.07, 6.45) is 4.48. The average Bonchev–Trinajstić information content (AvgIpc) is 2.11. The van der Waals surface area contributed by atoms with Crippen molar-refractivity contribution < 1.29 is 4.74 Å². The molecular weight excluding hydrogens is 186 g/mol. The van der Waals surface area contributed by atoms with Gasteiger partial charge in [-0.3, -0.25) is 4.90 Å². The standard InChI is InChI=1S/C10H18ClNO/c1-9-8-13-10(2)7-12(9)6-4-3-5-11/h3-4,9-10H,5-8H2,1-2H3/b4-3+. The first-order valence-corrected chi connectivity index (χ1v) is 5.34. The van der Waals surface area contributed by atoms with Gasteiger partial charge in [0.05, 0.1) is 12.7 Å². The molecule has 0 N–H and O–H groups in total. The van der Waals surface area contributed by atoms with Crippen LogP contribution in [0.3, 0.4) is 0 Å². The zero-order valence-corrected chi connectivity index (χ0v) is 9.13. The molecule has 1 aliphatic rings. The van der Waals surface area contributed by atoms with Crippen LogP contribution >= 0.6 is 11.6 Å². The van der Waals surface area contributed by atoms with Crippen LogP contribution in [0.15, 0.2) is 12.2 Å². The molecule has 76 valence electrons. The average molecular weight is 204 g/mol. The molecule has 1 aliphatic heterocycles. The highest BCUT2D eigenvalue weighted by atomic mass is 35.5. The molecule has 13 heavy (non-hydrogen) atoms. The van der Waals surface area contributed by atoms with Crippen LogP contribution in [-0.4, -0.2) is 42.6 Å². The van der Waals surface area contributed by atoms with E-state index in [1.807, 2.05) is 6.08 Å². The van der Waals surface area contributed by atoms with Crippen LogP contribution in [0.25, 0.3) is 0 Å². The minimum Gasteiger partial charge on any atom is -0.376 e. The number of nitrogens with zero attached hydrogens (tertiary/aromatic N) is 1. The third kappa shape index (κ3) is 3.67. The van der Waals surface area contributed by atoms with Crippen molar-refractivity contribution in [1.82, 2.24) is 4.90 Å². The normalized spacial score (nSPS) is 31.3. The van der Waals surface area contributed by atoms with Gasteiger partial charge in [0.2, 0.25) is 0 Å². The van der Waals surface area contributed by atoms with Crippen LogP contribution in [0.1, 0.15) is 13.8 Å². The molecule has 0 radical (unpaired) electrons. The predicted octanol–water partition coefficient (Wildman–Crippen LogP) is 1.89. The van der Waals surface area contributed by atoms with Crippen molar-refractivity contribution >= 4 is 11.6 Å². The molecule has 3 heteroatoms. The molecule has 0 aromatic rings. The van der Waals surface area contributed by atoms with Crippen LogP contribution in [0.4, 0.5) is 0 Å². The van der Waals surface area contributed by atoms with E-state index in [1.54, 1.807) is 0 Å². The number of hydrogen-bond donors (Lipinski definition) is 0. The zero-order chi connectivity index (χ0) is 9.68. The summed E-state index contributed by atoms with van der Waals surface area (Å²) >= 11 is 5.55. The fourth-order valence-electron chi connectivity index (χ4n) is 1.50. The summed E-state index contributed by atoms with van der Waals surface area (Å²) in [7, 11) is 0. The summed E-state index contributed by atoms with van der Waals surface area (Å²) in [5.74, 6) is 0.605. The van der Waals surface area contributed by atoms with Crippen LogP contribution < -0.4 is 0 Å². The molecule has 2 atom stereocenters. The molecule has 1 saturated heterocycles. The van der Waals surface area contributed by atoms with E-state index in [1.165, 1.54) is 0 Å². The third-order valence-corrected chi connectivity index (χ3v) is 2.51. The Morgan fingerprint density at radius 3 is 2.92 bits per heavy atom. The Labute approximate surface area is 85.5 Å². The Morgan fingerprint density at radius 1 is 1.46 bits per heavy atom. The molecule has 0 spiro atoms.